The summed E-state index contributed by atoms with van der Waals surface area (Å²) in [5.74, 6) is 0.736. The molecule has 0 amide bonds. The maximum atomic E-state index is 6.07. The van der Waals surface area contributed by atoms with Gasteiger partial charge in [0.15, 0.2) is 0 Å². The number of hydrogen-bond donors (Lipinski definition) is 0. The maximum Gasteiger partial charge on any atom is 0.137 e. The second-order valence-electron chi connectivity index (χ2n) is 3.55. The van der Waals surface area contributed by atoms with Crippen molar-refractivity contribution in [1.29, 1.82) is 0 Å². The Bertz CT molecular complexity index is 344. The molecule has 15 heavy (non-hydrogen) atoms. The van der Waals surface area contributed by atoms with Crippen LogP contribution in [0.2, 0.25) is 5.02 Å². The number of rotatable bonds is 4. The Morgan fingerprint density at radius 1 is 1.47 bits per heavy atom. The molecule has 1 rings (SSSR count). The van der Waals surface area contributed by atoms with Crippen molar-refractivity contribution in [1.82, 2.24) is 4.90 Å². The van der Waals surface area contributed by atoms with Crippen LogP contribution in [0.25, 0.3) is 0 Å². The van der Waals surface area contributed by atoms with Crippen LogP contribution in [-0.2, 0) is 6.54 Å². The molecule has 0 heterocycles. The highest BCUT2D eigenvalue weighted by Crippen LogP contribution is 2.28. The lowest BCUT2D eigenvalue weighted by atomic mass is 10.1. The summed E-state index contributed by atoms with van der Waals surface area (Å²) < 4.78 is 5.16. The number of ether oxygens (including phenoxy) is 1. The molecule has 4 heteroatoms. The van der Waals surface area contributed by atoms with Crippen molar-refractivity contribution in [3.8, 4) is 5.75 Å². The van der Waals surface area contributed by atoms with Crippen LogP contribution in [0.5, 0.6) is 5.75 Å². The normalized spacial score (nSPS) is 10.8. The molecule has 0 bridgehead atoms. The lowest BCUT2D eigenvalue weighted by Crippen LogP contribution is -2.15. The molecule has 0 fully saturated rings. The van der Waals surface area contributed by atoms with Crippen LogP contribution in [0, 0.1) is 6.92 Å². The van der Waals surface area contributed by atoms with Crippen molar-refractivity contribution >= 4 is 27.5 Å². The predicted octanol–water partition coefficient (Wildman–Crippen LogP) is 3.44. The van der Waals surface area contributed by atoms with Crippen LogP contribution >= 0.6 is 27.5 Å². The van der Waals surface area contributed by atoms with Gasteiger partial charge in [-0.3, -0.25) is 4.90 Å². The summed E-state index contributed by atoms with van der Waals surface area (Å²) in [7, 11) is 3.68. The van der Waals surface area contributed by atoms with Crippen molar-refractivity contribution < 1.29 is 4.74 Å². The molecule has 0 spiro atoms. The quantitative estimate of drug-likeness (QED) is 0.622. The number of nitrogens with zero attached hydrogens (tertiary/aromatic N) is 1. The summed E-state index contributed by atoms with van der Waals surface area (Å²) in [6.07, 6.45) is 0. The minimum absolute atomic E-state index is 0.668. The highest BCUT2D eigenvalue weighted by atomic mass is 79.9. The van der Waals surface area contributed by atoms with Crippen molar-refractivity contribution in [2.45, 2.75) is 13.5 Å². The average molecular weight is 293 g/mol. The standard InChI is InChI=1S/C11H15BrClNO/c1-8-4-11(15-3)10(13)5-9(8)6-14(2)7-12/h4-5H,6-7H2,1-3H3. The molecule has 0 radical (unpaired) electrons. The Morgan fingerprint density at radius 2 is 2.13 bits per heavy atom. The molecule has 0 aliphatic heterocycles. The van der Waals surface area contributed by atoms with Crippen LogP contribution < -0.4 is 4.74 Å². The number of methoxy groups -OCH3 is 1. The topological polar surface area (TPSA) is 12.5 Å². The van der Waals surface area contributed by atoms with Gasteiger partial charge in [0.1, 0.15) is 5.75 Å². The molecule has 0 aromatic heterocycles. The zero-order valence-electron chi connectivity index (χ0n) is 9.18. The number of benzene rings is 1. The van der Waals surface area contributed by atoms with E-state index in [4.69, 9.17) is 16.3 Å². The summed E-state index contributed by atoms with van der Waals surface area (Å²) in [5.41, 5.74) is 3.27. The predicted molar refractivity (Wildman–Crippen MR) is 68.0 cm³/mol. The van der Waals surface area contributed by atoms with Gasteiger partial charge in [-0.25, -0.2) is 0 Å². The van der Waals surface area contributed by atoms with Crippen LogP contribution in [0.15, 0.2) is 12.1 Å². The smallest absolute Gasteiger partial charge is 0.137 e. The van der Waals surface area contributed by atoms with Gasteiger partial charge >= 0.3 is 0 Å². The molecule has 0 aliphatic rings. The molecule has 0 atom stereocenters. The zero-order valence-corrected chi connectivity index (χ0v) is 11.5. The van der Waals surface area contributed by atoms with Crippen molar-refractivity contribution in [3.05, 3.63) is 28.3 Å². The molecule has 1 aromatic carbocycles. The third-order valence-electron chi connectivity index (χ3n) is 2.25. The van der Waals surface area contributed by atoms with E-state index in [0.717, 1.165) is 17.7 Å². The Kier molecular flexibility index (Phi) is 4.90. The Morgan fingerprint density at radius 3 is 2.67 bits per heavy atom. The van der Waals surface area contributed by atoms with E-state index in [9.17, 15) is 0 Å². The molecule has 0 saturated carbocycles. The molecular formula is C11H15BrClNO. The molecule has 0 aliphatic carbocycles. The number of alkyl halides is 1. The van der Waals surface area contributed by atoms with Gasteiger partial charge < -0.3 is 4.74 Å². The summed E-state index contributed by atoms with van der Waals surface area (Å²) in [5, 5.41) is 0.668. The maximum absolute atomic E-state index is 6.07. The highest BCUT2D eigenvalue weighted by molar-refractivity contribution is 9.09. The van der Waals surface area contributed by atoms with Gasteiger partial charge in [-0.15, -0.1) is 0 Å². The second kappa shape index (κ2) is 5.73. The molecule has 0 saturated heterocycles. The highest BCUT2D eigenvalue weighted by Gasteiger charge is 2.07. The molecule has 2 nitrogen and oxygen atoms in total. The first-order valence-electron chi connectivity index (χ1n) is 4.66. The van der Waals surface area contributed by atoms with Crippen LogP contribution in [0.1, 0.15) is 11.1 Å². The fourth-order valence-corrected chi connectivity index (χ4v) is 1.80. The van der Waals surface area contributed by atoms with Crippen molar-refractivity contribution in [3.63, 3.8) is 0 Å². The third kappa shape index (κ3) is 3.37. The lowest BCUT2D eigenvalue weighted by molar-refractivity contribution is 0.387. The van der Waals surface area contributed by atoms with E-state index in [1.165, 1.54) is 11.1 Å². The molecule has 84 valence electrons. The van der Waals surface area contributed by atoms with Crippen molar-refractivity contribution in [2.75, 3.05) is 19.6 Å². The first-order chi connectivity index (χ1) is 7.08. The van der Waals surface area contributed by atoms with E-state index < -0.39 is 0 Å². The van der Waals surface area contributed by atoms with Crippen LogP contribution in [0.3, 0.4) is 0 Å². The summed E-state index contributed by atoms with van der Waals surface area (Å²) in [6.45, 7) is 2.94. The first kappa shape index (κ1) is 12.8. The molecule has 0 N–H and O–H groups in total. The Balaban J connectivity index is 2.95. The van der Waals surface area contributed by atoms with Gasteiger partial charge in [0, 0.05) is 6.54 Å². The SMILES string of the molecule is COc1cc(C)c(CN(C)CBr)cc1Cl. The molecule has 0 unspecified atom stereocenters. The van der Waals surface area contributed by atoms with Crippen LogP contribution in [0.4, 0.5) is 0 Å². The van der Waals surface area contributed by atoms with Crippen LogP contribution in [-0.4, -0.2) is 24.5 Å². The first-order valence-corrected chi connectivity index (χ1v) is 6.16. The van der Waals surface area contributed by atoms with E-state index in [1.807, 2.05) is 19.2 Å². The summed E-state index contributed by atoms with van der Waals surface area (Å²) in [6, 6.07) is 3.94. The minimum Gasteiger partial charge on any atom is -0.495 e. The fraction of sp³-hybridized carbons (Fsp3) is 0.455. The van der Waals surface area contributed by atoms with Gasteiger partial charge in [0.05, 0.1) is 17.6 Å². The van der Waals surface area contributed by atoms with E-state index in [1.54, 1.807) is 7.11 Å². The van der Waals surface area contributed by atoms with Gasteiger partial charge in [-0.1, -0.05) is 27.5 Å². The van der Waals surface area contributed by atoms with E-state index in [-0.39, 0.29) is 0 Å². The zero-order chi connectivity index (χ0) is 11.4. The van der Waals surface area contributed by atoms with E-state index in [0.29, 0.717) is 5.02 Å². The summed E-state index contributed by atoms with van der Waals surface area (Å²) >= 11 is 9.48. The summed E-state index contributed by atoms with van der Waals surface area (Å²) in [4.78, 5) is 2.16. The fourth-order valence-electron chi connectivity index (χ4n) is 1.36. The monoisotopic (exact) mass is 291 g/mol. The van der Waals surface area contributed by atoms with E-state index in [2.05, 4.69) is 27.8 Å². The number of aryl methyl sites for hydroxylation is 1. The van der Waals surface area contributed by atoms with Gasteiger partial charge in [0.2, 0.25) is 0 Å². The molecule has 1 aromatic rings. The Hall–Kier alpha value is -0.250. The average Bonchev–Trinajstić information content (AvgIpc) is 2.22. The number of hydrogen-bond acceptors (Lipinski definition) is 2. The largest absolute Gasteiger partial charge is 0.495 e. The second-order valence-corrected chi connectivity index (χ2v) is 4.46. The van der Waals surface area contributed by atoms with E-state index >= 15 is 0 Å². The lowest BCUT2D eigenvalue weighted by Gasteiger charge is -2.16. The Labute approximate surface area is 104 Å². The van der Waals surface area contributed by atoms with Gasteiger partial charge in [-0.2, -0.15) is 0 Å². The molecular weight excluding hydrogens is 277 g/mol. The number of halogens is 2. The minimum atomic E-state index is 0.668. The van der Waals surface area contributed by atoms with Gasteiger partial charge in [-0.05, 0) is 37.2 Å². The third-order valence-corrected chi connectivity index (χ3v) is 3.41. The van der Waals surface area contributed by atoms with Crippen molar-refractivity contribution in [2.24, 2.45) is 0 Å². The van der Waals surface area contributed by atoms with Gasteiger partial charge in [0.25, 0.3) is 0 Å².